The molecule has 0 unspecified atom stereocenters. The normalized spacial score (nSPS) is 16.6. The van der Waals surface area contributed by atoms with Crippen molar-refractivity contribution in [2.24, 2.45) is 0 Å². The van der Waals surface area contributed by atoms with Gasteiger partial charge in [-0.15, -0.1) is 0 Å². The Kier molecular flexibility index (Phi) is 3.80. The number of hydrogen-bond acceptors (Lipinski definition) is 4. The highest BCUT2D eigenvalue weighted by Crippen LogP contribution is 2.12. The van der Waals surface area contributed by atoms with Crippen LogP contribution in [0, 0.1) is 0 Å². The van der Waals surface area contributed by atoms with Gasteiger partial charge in [-0.05, 0) is 24.1 Å². The molecule has 1 aliphatic heterocycles. The van der Waals surface area contributed by atoms with Gasteiger partial charge >= 0.3 is 0 Å². The van der Waals surface area contributed by atoms with Crippen LogP contribution in [-0.4, -0.2) is 41.0 Å². The van der Waals surface area contributed by atoms with E-state index in [-0.39, 0.29) is 5.56 Å². The lowest BCUT2D eigenvalue weighted by atomic mass is 10.1. The van der Waals surface area contributed by atoms with E-state index in [2.05, 4.69) is 20.2 Å². The van der Waals surface area contributed by atoms with E-state index in [0.29, 0.717) is 0 Å². The predicted molar refractivity (Wildman–Crippen MR) is 79.9 cm³/mol. The molecule has 0 aromatic carbocycles. The molecule has 0 aliphatic carbocycles. The van der Waals surface area contributed by atoms with E-state index in [1.807, 2.05) is 25.3 Å². The van der Waals surface area contributed by atoms with Gasteiger partial charge in [0.15, 0.2) is 0 Å². The van der Waals surface area contributed by atoms with Crippen LogP contribution in [0.3, 0.4) is 0 Å². The second-order valence-corrected chi connectivity index (χ2v) is 5.28. The fraction of sp³-hybridized carbons (Fsp3) is 0.467. The molecule has 0 radical (unpaired) electrons. The molecule has 3 heterocycles. The average molecular weight is 272 g/mol. The SMILES string of the molecule is CCc1cc2ncc(CN3CCNCC3)cc2[nH]c1=O. The lowest BCUT2D eigenvalue weighted by Gasteiger charge is -2.27. The maximum atomic E-state index is 11.9. The van der Waals surface area contributed by atoms with Crippen LogP contribution >= 0.6 is 0 Å². The van der Waals surface area contributed by atoms with Gasteiger partial charge in [0.1, 0.15) is 0 Å². The predicted octanol–water partition coefficient (Wildman–Crippen LogP) is 0.891. The number of aromatic nitrogens is 2. The number of fused-ring (bicyclic) bond motifs is 1. The van der Waals surface area contributed by atoms with Crippen molar-refractivity contribution < 1.29 is 0 Å². The smallest absolute Gasteiger partial charge is 0.251 e. The van der Waals surface area contributed by atoms with Crippen LogP contribution in [-0.2, 0) is 13.0 Å². The third kappa shape index (κ3) is 2.73. The second-order valence-electron chi connectivity index (χ2n) is 5.28. The fourth-order valence-corrected chi connectivity index (χ4v) is 2.64. The van der Waals surface area contributed by atoms with Crippen LogP contribution < -0.4 is 10.9 Å². The van der Waals surface area contributed by atoms with E-state index in [9.17, 15) is 4.79 Å². The Morgan fingerprint density at radius 2 is 2.10 bits per heavy atom. The maximum absolute atomic E-state index is 11.9. The molecule has 0 saturated carbocycles. The van der Waals surface area contributed by atoms with Crippen molar-refractivity contribution in [3.8, 4) is 0 Å². The van der Waals surface area contributed by atoms with E-state index >= 15 is 0 Å². The van der Waals surface area contributed by atoms with Crippen molar-refractivity contribution in [3.05, 3.63) is 39.8 Å². The first kappa shape index (κ1) is 13.3. The number of aromatic amines is 1. The zero-order valence-corrected chi connectivity index (χ0v) is 11.8. The molecule has 5 heteroatoms. The first-order valence-electron chi connectivity index (χ1n) is 7.20. The molecule has 2 N–H and O–H groups in total. The standard InChI is InChI=1S/C15H20N4O/c1-2-12-8-13-14(18-15(12)20)7-11(9-17-13)10-19-5-3-16-4-6-19/h7-9,16H,2-6,10H2,1H3,(H,18,20). The molecule has 1 saturated heterocycles. The highest BCUT2D eigenvalue weighted by Gasteiger charge is 2.11. The number of nitrogens with zero attached hydrogens (tertiary/aromatic N) is 2. The quantitative estimate of drug-likeness (QED) is 0.871. The number of nitrogens with one attached hydrogen (secondary N) is 2. The van der Waals surface area contributed by atoms with Gasteiger partial charge in [-0.1, -0.05) is 6.92 Å². The number of hydrogen-bond donors (Lipinski definition) is 2. The van der Waals surface area contributed by atoms with Crippen molar-refractivity contribution in [1.29, 1.82) is 0 Å². The zero-order valence-electron chi connectivity index (χ0n) is 11.8. The molecule has 0 amide bonds. The van der Waals surface area contributed by atoms with Gasteiger partial charge < -0.3 is 10.3 Å². The van der Waals surface area contributed by atoms with E-state index in [0.717, 1.165) is 61.3 Å². The molecule has 0 bridgehead atoms. The van der Waals surface area contributed by atoms with Crippen molar-refractivity contribution in [2.45, 2.75) is 19.9 Å². The summed E-state index contributed by atoms with van der Waals surface area (Å²) in [6.45, 7) is 7.07. The van der Waals surface area contributed by atoms with Crippen LogP contribution in [0.4, 0.5) is 0 Å². The summed E-state index contributed by atoms with van der Waals surface area (Å²) in [4.78, 5) is 21.7. The summed E-state index contributed by atoms with van der Waals surface area (Å²) in [6, 6.07) is 3.94. The lowest BCUT2D eigenvalue weighted by Crippen LogP contribution is -2.42. The van der Waals surface area contributed by atoms with Crippen LogP contribution in [0.2, 0.25) is 0 Å². The summed E-state index contributed by atoms with van der Waals surface area (Å²) in [5.41, 5.74) is 3.64. The summed E-state index contributed by atoms with van der Waals surface area (Å²) in [5, 5.41) is 3.35. The summed E-state index contributed by atoms with van der Waals surface area (Å²) in [7, 11) is 0. The van der Waals surface area contributed by atoms with Crippen molar-refractivity contribution >= 4 is 11.0 Å². The van der Waals surface area contributed by atoms with Crippen LogP contribution in [0.15, 0.2) is 23.1 Å². The molecule has 20 heavy (non-hydrogen) atoms. The minimum atomic E-state index is 0.00104. The summed E-state index contributed by atoms with van der Waals surface area (Å²) in [5.74, 6) is 0. The van der Waals surface area contributed by atoms with E-state index in [1.165, 1.54) is 0 Å². The average Bonchev–Trinajstić information content (AvgIpc) is 2.47. The van der Waals surface area contributed by atoms with Crippen LogP contribution in [0.5, 0.6) is 0 Å². The van der Waals surface area contributed by atoms with Gasteiger partial charge in [0, 0.05) is 44.5 Å². The third-order valence-corrected chi connectivity index (χ3v) is 3.82. The number of rotatable bonds is 3. The molecule has 1 fully saturated rings. The molecule has 5 nitrogen and oxygen atoms in total. The zero-order chi connectivity index (χ0) is 13.9. The number of aryl methyl sites for hydroxylation is 1. The van der Waals surface area contributed by atoms with Gasteiger partial charge in [0.25, 0.3) is 5.56 Å². The number of piperazine rings is 1. The monoisotopic (exact) mass is 272 g/mol. The second kappa shape index (κ2) is 5.73. The first-order valence-corrected chi connectivity index (χ1v) is 7.20. The Balaban J connectivity index is 1.88. The first-order chi connectivity index (χ1) is 9.76. The minimum absolute atomic E-state index is 0.00104. The largest absolute Gasteiger partial charge is 0.320 e. The Hall–Kier alpha value is -1.72. The Morgan fingerprint density at radius 1 is 1.30 bits per heavy atom. The number of pyridine rings is 2. The summed E-state index contributed by atoms with van der Waals surface area (Å²) < 4.78 is 0. The lowest BCUT2D eigenvalue weighted by molar-refractivity contribution is 0.233. The Morgan fingerprint density at radius 3 is 2.85 bits per heavy atom. The summed E-state index contributed by atoms with van der Waals surface area (Å²) in [6.07, 6.45) is 2.65. The molecule has 2 aromatic rings. The van der Waals surface area contributed by atoms with Crippen molar-refractivity contribution in [1.82, 2.24) is 20.2 Å². The Labute approximate surface area is 118 Å². The van der Waals surface area contributed by atoms with E-state index < -0.39 is 0 Å². The van der Waals surface area contributed by atoms with Crippen LogP contribution in [0.1, 0.15) is 18.1 Å². The van der Waals surface area contributed by atoms with Gasteiger partial charge in [0.05, 0.1) is 11.0 Å². The van der Waals surface area contributed by atoms with E-state index in [4.69, 9.17) is 0 Å². The highest BCUT2D eigenvalue weighted by molar-refractivity contribution is 5.74. The van der Waals surface area contributed by atoms with Gasteiger partial charge in [-0.25, -0.2) is 0 Å². The summed E-state index contributed by atoms with van der Waals surface area (Å²) >= 11 is 0. The highest BCUT2D eigenvalue weighted by atomic mass is 16.1. The molecule has 0 atom stereocenters. The van der Waals surface area contributed by atoms with E-state index in [1.54, 1.807) is 0 Å². The molecule has 2 aromatic heterocycles. The maximum Gasteiger partial charge on any atom is 0.251 e. The topological polar surface area (TPSA) is 61.0 Å². The molecular formula is C15H20N4O. The van der Waals surface area contributed by atoms with Crippen LogP contribution in [0.25, 0.3) is 11.0 Å². The number of H-pyrrole nitrogens is 1. The molecular weight excluding hydrogens is 252 g/mol. The fourth-order valence-electron chi connectivity index (χ4n) is 2.64. The Bertz CT molecular complexity index is 658. The van der Waals surface area contributed by atoms with Gasteiger partial charge in [0.2, 0.25) is 0 Å². The van der Waals surface area contributed by atoms with Crippen molar-refractivity contribution in [2.75, 3.05) is 26.2 Å². The third-order valence-electron chi connectivity index (χ3n) is 3.82. The molecule has 1 aliphatic rings. The van der Waals surface area contributed by atoms with Crippen molar-refractivity contribution in [3.63, 3.8) is 0 Å². The van der Waals surface area contributed by atoms with Gasteiger partial charge in [-0.3, -0.25) is 14.7 Å². The van der Waals surface area contributed by atoms with Gasteiger partial charge in [-0.2, -0.15) is 0 Å². The molecule has 106 valence electrons. The molecule has 0 spiro atoms. The minimum Gasteiger partial charge on any atom is -0.320 e. The molecule has 3 rings (SSSR count).